The standard InChI is InChI=1S/C8H13ClO2S/c9-3-7-4-10-8(11-7)6-1-2-12-5-6/h6-8H,1-5H2. The molecule has 2 saturated heterocycles. The molecule has 2 aliphatic heterocycles. The van der Waals surface area contributed by atoms with Gasteiger partial charge in [0.05, 0.1) is 18.6 Å². The van der Waals surface area contributed by atoms with Gasteiger partial charge in [-0.15, -0.1) is 11.6 Å². The summed E-state index contributed by atoms with van der Waals surface area (Å²) in [6, 6.07) is 0. The van der Waals surface area contributed by atoms with Crippen LogP contribution in [0.1, 0.15) is 6.42 Å². The largest absolute Gasteiger partial charge is 0.350 e. The van der Waals surface area contributed by atoms with Crippen LogP contribution in [0.15, 0.2) is 0 Å². The highest BCUT2D eigenvalue weighted by Crippen LogP contribution is 2.31. The topological polar surface area (TPSA) is 18.5 Å². The lowest BCUT2D eigenvalue weighted by molar-refractivity contribution is -0.0867. The Bertz CT molecular complexity index is 150. The molecule has 2 rings (SSSR count). The highest BCUT2D eigenvalue weighted by Gasteiger charge is 2.33. The fourth-order valence-electron chi connectivity index (χ4n) is 1.57. The Hall–Kier alpha value is 0.560. The molecule has 0 aromatic heterocycles. The maximum atomic E-state index is 5.67. The summed E-state index contributed by atoms with van der Waals surface area (Å²) in [6.45, 7) is 0.676. The Morgan fingerprint density at radius 3 is 3.00 bits per heavy atom. The number of alkyl halides is 1. The monoisotopic (exact) mass is 208 g/mol. The molecule has 0 amide bonds. The molecule has 0 N–H and O–H groups in total. The third-order valence-electron chi connectivity index (χ3n) is 2.29. The van der Waals surface area contributed by atoms with E-state index in [9.17, 15) is 0 Å². The summed E-state index contributed by atoms with van der Waals surface area (Å²) in [5, 5.41) is 0. The summed E-state index contributed by atoms with van der Waals surface area (Å²) in [4.78, 5) is 0. The van der Waals surface area contributed by atoms with Crippen LogP contribution in [0, 0.1) is 5.92 Å². The molecule has 0 saturated carbocycles. The highest BCUT2D eigenvalue weighted by atomic mass is 35.5. The SMILES string of the molecule is ClCC1COC(C2CCSC2)O1. The minimum absolute atomic E-state index is 0.0312. The van der Waals surface area contributed by atoms with Crippen molar-refractivity contribution in [1.82, 2.24) is 0 Å². The molecule has 2 fully saturated rings. The minimum Gasteiger partial charge on any atom is -0.350 e. The van der Waals surface area contributed by atoms with Gasteiger partial charge < -0.3 is 9.47 Å². The predicted molar refractivity (Wildman–Crippen MR) is 50.8 cm³/mol. The molecular formula is C8H13ClO2S. The van der Waals surface area contributed by atoms with Crippen LogP contribution >= 0.6 is 23.4 Å². The van der Waals surface area contributed by atoms with Gasteiger partial charge in [-0.2, -0.15) is 11.8 Å². The van der Waals surface area contributed by atoms with Crippen molar-refractivity contribution in [2.75, 3.05) is 24.0 Å². The van der Waals surface area contributed by atoms with Crippen LogP contribution in [-0.2, 0) is 9.47 Å². The second-order valence-electron chi connectivity index (χ2n) is 3.24. The van der Waals surface area contributed by atoms with Crippen molar-refractivity contribution in [3.05, 3.63) is 0 Å². The van der Waals surface area contributed by atoms with Crippen LogP contribution in [0.25, 0.3) is 0 Å². The number of halogens is 1. The van der Waals surface area contributed by atoms with E-state index in [0.29, 0.717) is 18.4 Å². The summed E-state index contributed by atoms with van der Waals surface area (Å²) in [5.74, 6) is 3.58. The lowest BCUT2D eigenvalue weighted by Gasteiger charge is -2.15. The van der Waals surface area contributed by atoms with Crippen LogP contribution in [0.5, 0.6) is 0 Å². The molecule has 12 heavy (non-hydrogen) atoms. The molecule has 70 valence electrons. The summed E-state index contributed by atoms with van der Waals surface area (Å²) in [7, 11) is 0. The van der Waals surface area contributed by atoms with Crippen molar-refractivity contribution in [3.63, 3.8) is 0 Å². The molecule has 3 atom stereocenters. The Balaban J connectivity index is 1.81. The van der Waals surface area contributed by atoms with E-state index in [1.165, 1.54) is 17.9 Å². The van der Waals surface area contributed by atoms with Crippen molar-refractivity contribution in [2.45, 2.75) is 18.8 Å². The van der Waals surface area contributed by atoms with Crippen LogP contribution in [-0.4, -0.2) is 36.4 Å². The van der Waals surface area contributed by atoms with Crippen LogP contribution < -0.4 is 0 Å². The molecule has 0 aromatic carbocycles. The van der Waals surface area contributed by atoms with Crippen molar-refractivity contribution in [2.24, 2.45) is 5.92 Å². The first-order chi connectivity index (χ1) is 5.90. The molecule has 2 aliphatic rings. The van der Waals surface area contributed by atoms with Gasteiger partial charge in [0.2, 0.25) is 0 Å². The normalized spacial score (nSPS) is 42.2. The maximum absolute atomic E-state index is 5.67. The lowest BCUT2D eigenvalue weighted by Crippen LogP contribution is -2.22. The zero-order chi connectivity index (χ0) is 8.39. The quantitative estimate of drug-likeness (QED) is 0.644. The number of ether oxygens (including phenoxy) is 2. The zero-order valence-electron chi connectivity index (χ0n) is 6.87. The zero-order valence-corrected chi connectivity index (χ0v) is 8.44. The fraction of sp³-hybridized carbons (Fsp3) is 1.00. The molecular weight excluding hydrogens is 196 g/mol. The van der Waals surface area contributed by atoms with E-state index in [4.69, 9.17) is 21.1 Å². The first-order valence-electron chi connectivity index (χ1n) is 4.31. The highest BCUT2D eigenvalue weighted by molar-refractivity contribution is 7.99. The molecule has 3 unspecified atom stereocenters. The summed E-state index contributed by atoms with van der Waals surface area (Å²) in [6.07, 6.45) is 1.38. The third kappa shape index (κ3) is 1.90. The predicted octanol–water partition coefficient (Wildman–Crippen LogP) is 1.72. The Morgan fingerprint density at radius 1 is 1.50 bits per heavy atom. The van der Waals surface area contributed by atoms with Gasteiger partial charge >= 0.3 is 0 Å². The van der Waals surface area contributed by atoms with E-state index < -0.39 is 0 Å². The maximum Gasteiger partial charge on any atom is 0.161 e. The first kappa shape index (κ1) is 9.13. The van der Waals surface area contributed by atoms with Gasteiger partial charge in [0.25, 0.3) is 0 Å². The van der Waals surface area contributed by atoms with Crippen LogP contribution in [0.3, 0.4) is 0 Å². The average Bonchev–Trinajstić information content (AvgIpc) is 2.75. The Kier molecular flexibility index (Phi) is 3.18. The van der Waals surface area contributed by atoms with E-state index in [-0.39, 0.29) is 12.4 Å². The Morgan fingerprint density at radius 2 is 2.42 bits per heavy atom. The van der Waals surface area contributed by atoms with Crippen molar-refractivity contribution >= 4 is 23.4 Å². The van der Waals surface area contributed by atoms with Gasteiger partial charge in [-0.1, -0.05) is 0 Å². The van der Waals surface area contributed by atoms with Gasteiger partial charge in [-0.25, -0.2) is 0 Å². The molecule has 0 aromatic rings. The first-order valence-corrected chi connectivity index (χ1v) is 6.00. The van der Waals surface area contributed by atoms with Crippen LogP contribution in [0.4, 0.5) is 0 Å². The van der Waals surface area contributed by atoms with Gasteiger partial charge in [0.1, 0.15) is 0 Å². The second kappa shape index (κ2) is 4.18. The molecule has 0 aliphatic carbocycles. The van der Waals surface area contributed by atoms with Crippen LogP contribution in [0.2, 0.25) is 0 Å². The third-order valence-corrected chi connectivity index (χ3v) is 3.83. The van der Waals surface area contributed by atoms with E-state index in [2.05, 4.69) is 0 Å². The molecule has 2 nitrogen and oxygen atoms in total. The van der Waals surface area contributed by atoms with Gasteiger partial charge in [-0.3, -0.25) is 0 Å². The molecule has 0 radical (unpaired) electrons. The Labute approximate surface area is 81.9 Å². The van der Waals surface area contributed by atoms with Gasteiger partial charge in [-0.05, 0) is 12.2 Å². The smallest absolute Gasteiger partial charge is 0.161 e. The lowest BCUT2D eigenvalue weighted by atomic mass is 10.1. The average molecular weight is 209 g/mol. The minimum atomic E-state index is 0.0312. The number of hydrogen-bond acceptors (Lipinski definition) is 3. The number of rotatable bonds is 2. The van der Waals surface area contributed by atoms with Crippen molar-refractivity contribution in [3.8, 4) is 0 Å². The fourth-order valence-corrected chi connectivity index (χ4v) is 2.99. The summed E-state index contributed by atoms with van der Waals surface area (Å²) >= 11 is 7.65. The second-order valence-corrected chi connectivity index (χ2v) is 4.70. The van der Waals surface area contributed by atoms with Crippen molar-refractivity contribution in [1.29, 1.82) is 0 Å². The molecule has 0 spiro atoms. The van der Waals surface area contributed by atoms with Crippen molar-refractivity contribution < 1.29 is 9.47 Å². The van der Waals surface area contributed by atoms with E-state index in [0.717, 1.165) is 0 Å². The number of hydrogen-bond donors (Lipinski definition) is 0. The molecule has 2 heterocycles. The molecule has 0 bridgehead atoms. The molecule has 4 heteroatoms. The summed E-state index contributed by atoms with van der Waals surface area (Å²) in [5.41, 5.74) is 0. The van der Waals surface area contributed by atoms with E-state index >= 15 is 0 Å². The van der Waals surface area contributed by atoms with Gasteiger partial charge in [0, 0.05) is 11.7 Å². The summed E-state index contributed by atoms with van der Waals surface area (Å²) < 4.78 is 11.1. The van der Waals surface area contributed by atoms with E-state index in [1.54, 1.807) is 0 Å². The van der Waals surface area contributed by atoms with Gasteiger partial charge in [0.15, 0.2) is 6.29 Å². The number of thioether (sulfide) groups is 1. The van der Waals surface area contributed by atoms with E-state index in [1.807, 2.05) is 11.8 Å².